The number of ether oxygens (including phenoxy) is 1. The summed E-state index contributed by atoms with van der Waals surface area (Å²) in [6.07, 6.45) is 2.92. The van der Waals surface area contributed by atoms with Crippen molar-refractivity contribution in [3.05, 3.63) is 26.4 Å². The maximum absolute atomic E-state index is 12.4. The number of fused-ring (bicyclic) bond motifs is 1. The van der Waals surface area contributed by atoms with Gasteiger partial charge >= 0.3 is 11.7 Å². The molecule has 3 rings (SSSR count). The molecule has 2 amide bonds. The number of aromatic nitrogens is 2. The van der Waals surface area contributed by atoms with Crippen LogP contribution in [-0.2, 0) is 33.2 Å². The number of ketones is 1. The maximum Gasteiger partial charge on any atom is 0.332 e. The Morgan fingerprint density at radius 2 is 1.57 bits per heavy atom. The van der Waals surface area contributed by atoms with E-state index >= 15 is 0 Å². The van der Waals surface area contributed by atoms with Crippen LogP contribution in [0.25, 0.3) is 0 Å². The summed E-state index contributed by atoms with van der Waals surface area (Å²) in [7, 11) is 2.51. The number of carbonyl (C=O) groups excluding carboxylic acids is 4. The van der Waals surface area contributed by atoms with Crippen molar-refractivity contribution in [2.75, 3.05) is 18.9 Å². The fraction of sp³-hybridized carbons (Fsp3) is 0.579. The third-order valence-corrected chi connectivity index (χ3v) is 5.82. The van der Waals surface area contributed by atoms with Crippen LogP contribution in [0.5, 0.6) is 0 Å². The van der Waals surface area contributed by atoms with Gasteiger partial charge in [0.25, 0.3) is 5.56 Å². The van der Waals surface area contributed by atoms with Gasteiger partial charge in [0.05, 0.1) is 18.3 Å². The second-order valence-electron chi connectivity index (χ2n) is 7.63. The first kappa shape index (κ1) is 21.5. The summed E-state index contributed by atoms with van der Waals surface area (Å²) in [5.74, 6) is -3.07. The summed E-state index contributed by atoms with van der Waals surface area (Å²) in [6, 6.07) is 0. The van der Waals surface area contributed by atoms with E-state index in [2.05, 4.69) is 0 Å². The first-order valence-electron chi connectivity index (χ1n) is 9.74. The van der Waals surface area contributed by atoms with Crippen molar-refractivity contribution in [2.24, 2.45) is 25.9 Å². The van der Waals surface area contributed by atoms with Crippen molar-refractivity contribution in [1.29, 1.82) is 0 Å². The van der Waals surface area contributed by atoms with E-state index in [1.807, 2.05) is 0 Å². The minimum Gasteiger partial charge on any atom is -0.457 e. The predicted molar refractivity (Wildman–Crippen MR) is 103 cm³/mol. The molecule has 2 atom stereocenters. The van der Waals surface area contributed by atoms with Gasteiger partial charge in [-0.05, 0) is 12.8 Å². The Bertz CT molecular complexity index is 1010. The van der Waals surface area contributed by atoms with Gasteiger partial charge in [0, 0.05) is 20.6 Å². The summed E-state index contributed by atoms with van der Waals surface area (Å²) in [6.45, 7) is -0.856. The third-order valence-electron chi connectivity index (χ3n) is 5.82. The molecule has 2 heterocycles. The van der Waals surface area contributed by atoms with Crippen molar-refractivity contribution in [2.45, 2.75) is 32.1 Å². The van der Waals surface area contributed by atoms with Crippen molar-refractivity contribution in [3.63, 3.8) is 0 Å². The van der Waals surface area contributed by atoms with E-state index in [1.54, 1.807) is 0 Å². The molecule has 11 nitrogen and oxygen atoms in total. The number of amides is 2. The first-order valence-corrected chi connectivity index (χ1v) is 9.74. The topological polar surface area (TPSA) is 151 Å². The van der Waals surface area contributed by atoms with Crippen molar-refractivity contribution in [1.82, 2.24) is 14.0 Å². The molecule has 2 aliphatic rings. The molecule has 1 aromatic rings. The fourth-order valence-corrected chi connectivity index (χ4v) is 4.07. The standard InChI is InChI=1S/C19H24N4O7/c1-21-15(20)14(18(28)22(2)19(21)29)12(24)9-30-13(25)7-8-23-16(26)10-5-3-4-6-11(10)17(23)27/h10-11H,3-9,20H2,1-2H3. The first-order chi connectivity index (χ1) is 14.1. The third kappa shape index (κ3) is 3.66. The second-order valence-corrected chi connectivity index (χ2v) is 7.63. The molecule has 1 aliphatic carbocycles. The average molecular weight is 420 g/mol. The van der Waals surface area contributed by atoms with Gasteiger partial charge in [0.2, 0.25) is 17.6 Å². The van der Waals surface area contributed by atoms with E-state index in [0.717, 1.165) is 26.9 Å². The maximum atomic E-state index is 12.4. The molecule has 0 spiro atoms. The largest absolute Gasteiger partial charge is 0.457 e. The van der Waals surface area contributed by atoms with Crippen LogP contribution in [0.4, 0.5) is 5.82 Å². The molecular formula is C19H24N4O7. The Kier molecular flexibility index (Phi) is 5.90. The van der Waals surface area contributed by atoms with E-state index in [1.165, 1.54) is 14.1 Å². The van der Waals surface area contributed by atoms with Crippen molar-refractivity contribution in [3.8, 4) is 0 Å². The lowest BCUT2D eigenvalue weighted by molar-refractivity contribution is -0.145. The Labute approximate surface area is 171 Å². The minimum absolute atomic E-state index is 0.110. The van der Waals surface area contributed by atoms with Crippen LogP contribution in [-0.4, -0.2) is 50.8 Å². The number of likely N-dealkylation sites (tertiary alicyclic amines) is 1. The minimum atomic E-state index is -0.882. The quantitative estimate of drug-likeness (QED) is 0.348. The molecule has 1 saturated carbocycles. The summed E-state index contributed by atoms with van der Waals surface area (Å²) >= 11 is 0. The Hall–Kier alpha value is -3.24. The lowest BCUT2D eigenvalue weighted by atomic mass is 9.81. The van der Waals surface area contributed by atoms with Crippen LogP contribution in [0.15, 0.2) is 9.59 Å². The number of nitrogens with zero attached hydrogens (tertiary/aromatic N) is 3. The van der Waals surface area contributed by atoms with Gasteiger partial charge in [-0.15, -0.1) is 0 Å². The number of Topliss-reactive ketones (excluding diaryl/α,β-unsaturated/α-hetero) is 1. The van der Waals surface area contributed by atoms with E-state index in [9.17, 15) is 28.8 Å². The Morgan fingerprint density at radius 1 is 1.00 bits per heavy atom. The molecule has 0 radical (unpaired) electrons. The van der Waals surface area contributed by atoms with Gasteiger partial charge < -0.3 is 10.5 Å². The monoisotopic (exact) mass is 420 g/mol. The molecule has 0 bridgehead atoms. The van der Waals surface area contributed by atoms with Gasteiger partial charge in [-0.25, -0.2) is 4.79 Å². The summed E-state index contributed by atoms with van der Waals surface area (Å²) < 4.78 is 6.57. The van der Waals surface area contributed by atoms with Crippen LogP contribution in [0.2, 0.25) is 0 Å². The molecule has 2 fully saturated rings. The number of rotatable bonds is 6. The lowest BCUT2D eigenvalue weighted by Gasteiger charge is -2.19. The lowest BCUT2D eigenvalue weighted by Crippen LogP contribution is -2.42. The van der Waals surface area contributed by atoms with Gasteiger partial charge in [0.15, 0.2) is 6.61 Å². The molecule has 0 aromatic carbocycles. The molecule has 11 heteroatoms. The zero-order valence-corrected chi connectivity index (χ0v) is 16.9. The number of nitrogens with two attached hydrogens (primary N) is 1. The van der Waals surface area contributed by atoms with E-state index in [0.29, 0.717) is 12.8 Å². The summed E-state index contributed by atoms with van der Waals surface area (Å²) in [4.78, 5) is 74.2. The van der Waals surface area contributed by atoms with Crippen LogP contribution < -0.4 is 17.0 Å². The van der Waals surface area contributed by atoms with Gasteiger partial charge in [-0.3, -0.25) is 38.0 Å². The fourth-order valence-electron chi connectivity index (χ4n) is 4.07. The molecular weight excluding hydrogens is 396 g/mol. The van der Waals surface area contributed by atoms with E-state index in [4.69, 9.17) is 10.5 Å². The normalized spacial score (nSPS) is 20.9. The Balaban J connectivity index is 1.59. The van der Waals surface area contributed by atoms with Crippen LogP contribution in [0.3, 0.4) is 0 Å². The number of esters is 1. The number of carbonyl (C=O) groups is 4. The van der Waals surface area contributed by atoms with Crippen molar-refractivity contribution < 1.29 is 23.9 Å². The molecule has 1 saturated heterocycles. The van der Waals surface area contributed by atoms with E-state index < -0.39 is 35.2 Å². The van der Waals surface area contributed by atoms with Crippen LogP contribution in [0.1, 0.15) is 42.5 Å². The number of anilines is 1. The highest BCUT2D eigenvalue weighted by Crippen LogP contribution is 2.37. The van der Waals surface area contributed by atoms with Gasteiger partial charge in [0.1, 0.15) is 11.4 Å². The van der Waals surface area contributed by atoms with Crippen LogP contribution >= 0.6 is 0 Å². The van der Waals surface area contributed by atoms with Gasteiger partial charge in [-0.1, -0.05) is 12.8 Å². The molecule has 1 aliphatic heterocycles. The summed E-state index contributed by atoms with van der Waals surface area (Å²) in [5, 5.41) is 0. The zero-order valence-electron chi connectivity index (χ0n) is 16.9. The van der Waals surface area contributed by atoms with Crippen molar-refractivity contribution >= 4 is 29.4 Å². The molecule has 1 aromatic heterocycles. The molecule has 2 N–H and O–H groups in total. The van der Waals surface area contributed by atoms with Crippen LogP contribution in [0, 0.1) is 11.8 Å². The highest BCUT2D eigenvalue weighted by Gasteiger charge is 2.47. The predicted octanol–water partition coefficient (Wildman–Crippen LogP) is -1.04. The average Bonchev–Trinajstić information content (AvgIpc) is 2.98. The smallest absolute Gasteiger partial charge is 0.332 e. The summed E-state index contributed by atoms with van der Waals surface area (Å²) in [5.41, 5.74) is 3.68. The zero-order chi connectivity index (χ0) is 22.2. The number of hydrogen-bond acceptors (Lipinski definition) is 8. The van der Waals surface area contributed by atoms with E-state index in [-0.39, 0.29) is 42.4 Å². The second kappa shape index (κ2) is 8.25. The Morgan fingerprint density at radius 3 is 2.13 bits per heavy atom. The molecule has 2 unspecified atom stereocenters. The highest BCUT2D eigenvalue weighted by molar-refractivity contribution is 6.05. The number of nitrogen functional groups attached to an aromatic ring is 1. The molecule has 30 heavy (non-hydrogen) atoms. The molecule has 162 valence electrons. The SMILES string of the molecule is Cn1c(N)c(C(=O)COC(=O)CCN2C(=O)C3CCCCC3C2=O)c(=O)n(C)c1=O. The highest BCUT2D eigenvalue weighted by atomic mass is 16.5. The number of imide groups is 1. The van der Waals surface area contributed by atoms with Gasteiger partial charge in [-0.2, -0.15) is 0 Å². The number of hydrogen-bond donors (Lipinski definition) is 1.